The van der Waals surface area contributed by atoms with E-state index in [-0.39, 0.29) is 10.6 Å². The fraction of sp³-hybridized carbons (Fsp3) is 0.273. The summed E-state index contributed by atoms with van der Waals surface area (Å²) in [5.41, 5.74) is -0.810. The lowest BCUT2D eigenvalue weighted by Gasteiger charge is -2.13. The third-order valence-electron chi connectivity index (χ3n) is 2.69. The van der Waals surface area contributed by atoms with Gasteiger partial charge >= 0.3 is 5.97 Å². The molecule has 0 unspecified atom stereocenters. The molecule has 0 radical (unpaired) electrons. The third-order valence-corrected chi connectivity index (χ3v) is 3.49. The van der Waals surface area contributed by atoms with E-state index in [1.807, 2.05) is 0 Å². The van der Waals surface area contributed by atoms with Gasteiger partial charge in [0.05, 0.1) is 10.6 Å². The molecule has 2 rings (SSSR count). The molecular weight excluding hydrogens is 309 g/mol. The molecule has 2 N–H and O–H groups in total. The van der Waals surface area contributed by atoms with Gasteiger partial charge in [-0.1, -0.05) is 27.5 Å². The first-order valence-corrected chi connectivity index (χ1v) is 6.13. The number of aliphatic carboxylic acids is 1. The van der Waals surface area contributed by atoms with Crippen molar-refractivity contribution in [2.24, 2.45) is 0 Å². The van der Waals surface area contributed by atoms with E-state index in [1.165, 1.54) is 0 Å². The van der Waals surface area contributed by atoms with Crippen molar-refractivity contribution in [3.63, 3.8) is 0 Å². The lowest BCUT2D eigenvalue weighted by Crippen LogP contribution is -2.43. The Bertz CT molecular complexity index is 499. The van der Waals surface area contributed by atoms with Crippen molar-refractivity contribution in [3.05, 3.63) is 33.3 Å². The van der Waals surface area contributed by atoms with Crippen LogP contribution in [0.4, 0.5) is 0 Å². The standard InChI is InChI=1S/C11H9BrClNO3/c12-6-1-2-7(8(13)5-6)9(15)14-11(3-4-11)10(16)17/h1-2,5H,3-4H2,(H,14,15)(H,16,17). The highest BCUT2D eigenvalue weighted by molar-refractivity contribution is 9.10. The molecular formula is C11H9BrClNO3. The van der Waals surface area contributed by atoms with Gasteiger partial charge in [-0.15, -0.1) is 0 Å². The minimum absolute atomic E-state index is 0.280. The summed E-state index contributed by atoms with van der Waals surface area (Å²) in [5.74, 6) is -1.46. The average molecular weight is 319 g/mol. The number of carboxylic acid groups (broad SMARTS) is 1. The van der Waals surface area contributed by atoms with Crippen molar-refractivity contribution in [2.45, 2.75) is 18.4 Å². The number of hydrogen-bond donors (Lipinski definition) is 2. The van der Waals surface area contributed by atoms with Crippen molar-refractivity contribution in [1.82, 2.24) is 5.32 Å². The van der Waals surface area contributed by atoms with Crippen molar-refractivity contribution >= 4 is 39.4 Å². The van der Waals surface area contributed by atoms with Crippen LogP contribution >= 0.6 is 27.5 Å². The first-order valence-electron chi connectivity index (χ1n) is 4.95. The van der Waals surface area contributed by atoms with Gasteiger partial charge in [-0.25, -0.2) is 4.79 Å². The number of halogens is 2. The zero-order chi connectivity index (χ0) is 12.6. The number of hydrogen-bond acceptors (Lipinski definition) is 2. The zero-order valence-electron chi connectivity index (χ0n) is 8.67. The molecule has 17 heavy (non-hydrogen) atoms. The van der Waals surface area contributed by atoms with E-state index in [0.29, 0.717) is 12.8 Å². The highest BCUT2D eigenvalue weighted by atomic mass is 79.9. The number of rotatable bonds is 3. The van der Waals surface area contributed by atoms with Crippen LogP contribution in [0.2, 0.25) is 5.02 Å². The third kappa shape index (κ3) is 2.45. The van der Waals surface area contributed by atoms with Gasteiger partial charge in [-0.05, 0) is 31.0 Å². The Balaban J connectivity index is 2.18. The summed E-state index contributed by atoms with van der Waals surface area (Å²) < 4.78 is 0.762. The summed E-state index contributed by atoms with van der Waals surface area (Å²) >= 11 is 9.15. The first kappa shape index (κ1) is 12.4. The molecule has 1 aromatic carbocycles. The highest BCUT2D eigenvalue weighted by Gasteiger charge is 2.51. The Morgan fingerprint density at radius 3 is 2.53 bits per heavy atom. The molecule has 0 bridgehead atoms. The van der Waals surface area contributed by atoms with Gasteiger partial charge in [-0.3, -0.25) is 4.79 Å². The minimum atomic E-state index is -1.09. The maximum atomic E-state index is 11.9. The number of carbonyl (C=O) groups excluding carboxylic acids is 1. The molecule has 1 fully saturated rings. The van der Waals surface area contributed by atoms with Crippen LogP contribution in [0.15, 0.2) is 22.7 Å². The van der Waals surface area contributed by atoms with Crippen LogP contribution in [-0.4, -0.2) is 22.5 Å². The summed E-state index contributed by atoms with van der Waals surface area (Å²) in [6.07, 6.45) is 0.921. The second kappa shape index (κ2) is 4.31. The fourth-order valence-electron chi connectivity index (χ4n) is 1.48. The van der Waals surface area contributed by atoms with E-state index in [0.717, 1.165) is 4.47 Å². The smallest absolute Gasteiger partial charge is 0.329 e. The Kier molecular flexibility index (Phi) is 3.14. The van der Waals surface area contributed by atoms with E-state index in [1.54, 1.807) is 18.2 Å². The molecule has 1 aliphatic rings. The molecule has 0 atom stereocenters. The van der Waals surface area contributed by atoms with Gasteiger partial charge < -0.3 is 10.4 Å². The van der Waals surface area contributed by atoms with E-state index in [9.17, 15) is 9.59 Å². The molecule has 0 saturated heterocycles. The number of benzene rings is 1. The number of carboxylic acids is 1. The Morgan fingerprint density at radius 1 is 1.41 bits per heavy atom. The molecule has 90 valence electrons. The van der Waals surface area contributed by atoms with E-state index in [2.05, 4.69) is 21.2 Å². The van der Waals surface area contributed by atoms with Gasteiger partial charge in [0, 0.05) is 4.47 Å². The first-order chi connectivity index (χ1) is 7.94. The summed E-state index contributed by atoms with van der Waals surface area (Å²) in [5, 5.41) is 11.8. The van der Waals surface area contributed by atoms with Crippen LogP contribution in [-0.2, 0) is 4.79 Å². The number of nitrogens with one attached hydrogen (secondary N) is 1. The highest BCUT2D eigenvalue weighted by Crippen LogP contribution is 2.36. The lowest BCUT2D eigenvalue weighted by atomic mass is 10.2. The molecule has 0 heterocycles. The largest absolute Gasteiger partial charge is 0.480 e. The molecule has 4 nitrogen and oxygen atoms in total. The maximum absolute atomic E-state index is 11.9. The lowest BCUT2D eigenvalue weighted by molar-refractivity contribution is -0.140. The molecule has 0 aliphatic heterocycles. The number of amides is 1. The van der Waals surface area contributed by atoms with Crippen LogP contribution in [0.25, 0.3) is 0 Å². The molecule has 1 aliphatic carbocycles. The van der Waals surface area contributed by atoms with E-state index >= 15 is 0 Å². The Hall–Kier alpha value is -1.07. The molecule has 1 saturated carbocycles. The topological polar surface area (TPSA) is 66.4 Å². The Labute approximate surface area is 111 Å². The second-order valence-electron chi connectivity index (χ2n) is 3.97. The fourth-order valence-corrected chi connectivity index (χ4v) is 2.23. The van der Waals surface area contributed by atoms with Gasteiger partial charge in [0.2, 0.25) is 0 Å². The Morgan fingerprint density at radius 2 is 2.06 bits per heavy atom. The molecule has 6 heteroatoms. The number of carbonyl (C=O) groups is 2. The van der Waals surface area contributed by atoms with Crippen LogP contribution < -0.4 is 5.32 Å². The van der Waals surface area contributed by atoms with Crippen LogP contribution in [0.1, 0.15) is 23.2 Å². The molecule has 1 amide bonds. The minimum Gasteiger partial charge on any atom is -0.480 e. The van der Waals surface area contributed by atoms with Gasteiger partial charge in [-0.2, -0.15) is 0 Å². The molecule has 1 aromatic rings. The van der Waals surface area contributed by atoms with Gasteiger partial charge in [0.1, 0.15) is 5.54 Å². The summed E-state index contributed by atoms with van der Waals surface area (Å²) in [4.78, 5) is 22.8. The van der Waals surface area contributed by atoms with Crippen LogP contribution in [0.5, 0.6) is 0 Å². The van der Waals surface area contributed by atoms with Gasteiger partial charge in [0.15, 0.2) is 0 Å². The SMILES string of the molecule is O=C(NC1(C(=O)O)CC1)c1ccc(Br)cc1Cl. The summed E-state index contributed by atoms with van der Waals surface area (Å²) in [7, 11) is 0. The monoisotopic (exact) mass is 317 g/mol. The van der Waals surface area contributed by atoms with Crippen molar-refractivity contribution < 1.29 is 14.7 Å². The van der Waals surface area contributed by atoms with E-state index in [4.69, 9.17) is 16.7 Å². The zero-order valence-corrected chi connectivity index (χ0v) is 11.0. The molecule has 0 spiro atoms. The van der Waals surface area contributed by atoms with Crippen LogP contribution in [0, 0.1) is 0 Å². The van der Waals surface area contributed by atoms with Crippen LogP contribution in [0.3, 0.4) is 0 Å². The maximum Gasteiger partial charge on any atom is 0.329 e. The predicted molar refractivity (Wildman–Crippen MR) is 66.2 cm³/mol. The van der Waals surface area contributed by atoms with Crippen molar-refractivity contribution in [2.75, 3.05) is 0 Å². The summed E-state index contributed by atoms with van der Waals surface area (Å²) in [6, 6.07) is 4.83. The quantitative estimate of drug-likeness (QED) is 0.899. The summed E-state index contributed by atoms with van der Waals surface area (Å²) in [6.45, 7) is 0. The molecule has 0 aromatic heterocycles. The van der Waals surface area contributed by atoms with Crippen molar-refractivity contribution in [1.29, 1.82) is 0 Å². The van der Waals surface area contributed by atoms with E-state index < -0.39 is 17.4 Å². The van der Waals surface area contributed by atoms with Crippen molar-refractivity contribution in [3.8, 4) is 0 Å². The van der Waals surface area contributed by atoms with Gasteiger partial charge in [0.25, 0.3) is 5.91 Å². The normalized spacial score (nSPS) is 16.4. The second-order valence-corrected chi connectivity index (χ2v) is 5.29. The predicted octanol–water partition coefficient (Wildman–Crippen LogP) is 2.45. The average Bonchev–Trinajstić information content (AvgIpc) is 2.98.